The van der Waals surface area contributed by atoms with Gasteiger partial charge in [0, 0.05) is 43.7 Å². The number of esters is 1. The number of rotatable bonds is 10. The minimum Gasteiger partial charge on any atom is -0.465 e. The second kappa shape index (κ2) is 12.9. The van der Waals surface area contributed by atoms with Crippen LogP contribution in [0.2, 0.25) is 5.02 Å². The molecule has 3 rings (SSSR count). The number of carbonyl (C=O) groups excluding carboxylic acids is 2. The average molecular weight is 487 g/mol. The third-order valence-corrected chi connectivity index (χ3v) is 6.57. The van der Waals surface area contributed by atoms with E-state index in [1.54, 1.807) is 12.1 Å². The van der Waals surface area contributed by atoms with E-state index >= 15 is 0 Å². The minimum atomic E-state index is -0.353. The molecule has 0 radical (unpaired) electrons. The Balaban J connectivity index is 1.61. The lowest BCUT2D eigenvalue weighted by molar-refractivity contribution is -0.137. The second-order valence-corrected chi connectivity index (χ2v) is 9.29. The highest BCUT2D eigenvalue weighted by Crippen LogP contribution is 2.24. The van der Waals surface area contributed by atoms with Gasteiger partial charge in [-0.2, -0.15) is 0 Å². The third-order valence-electron chi connectivity index (χ3n) is 6.32. The number of nitrogens with zero attached hydrogens (tertiary/aromatic N) is 2. The Morgan fingerprint density at radius 1 is 1.00 bits per heavy atom. The Morgan fingerprint density at radius 2 is 1.65 bits per heavy atom. The molecule has 2 aromatic carbocycles. The van der Waals surface area contributed by atoms with Crippen molar-refractivity contribution in [1.29, 1.82) is 0 Å². The molecule has 34 heavy (non-hydrogen) atoms. The van der Waals surface area contributed by atoms with Gasteiger partial charge in [-0.05, 0) is 41.8 Å². The van der Waals surface area contributed by atoms with Gasteiger partial charge in [-0.25, -0.2) is 4.79 Å². The molecule has 2 unspecified atom stereocenters. The van der Waals surface area contributed by atoms with E-state index < -0.39 is 0 Å². The lowest BCUT2D eigenvalue weighted by atomic mass is 10.0. The fourth-order valence-electron chi connectivity index (χ4n) is 4.24. The number of piperazine rings is 1. The van der Waals surface area contributed by atoms with E-state index in [0.29, 0.717) is 17.2 Å². The summed E-state index contributed by atoms with van der Waals surface area (Å²) in [6, 6.07) is 15.0. The Hall–Kier alpha value is -2.41. The zero-order valence-electron chi connectivity index (χ0n) is 20.3. The zero-order chi connectivity index (χ0) is 24.5. The molecule has 2 aromatic rings. The quantitative estimate of drug-likeness (QED) is 0.444. The summed E-state index contributed by atoms with van der Waals surface area (Å²) in [4.78, 5) is 28.7. The summed E-state index contributed by atoms with van der Waals surface area (Å²) >= 11 is 6.10. The highest BCUT2D eigenvalue weighted by atomic mass is 35.5. The van der Waals surface area contributed by atoms with Gasteiger partial charge >= 0.3 is 5.97 Å². The van der Waals surface area contributed by atoms with Crippen LogP contribution in [-0.2, 0) is 20.9 Å². The lowest BCUT2D eigenvalue weighted by Crippen LogP contribution is -2.50. The van der Waals surface area contributed by atoms with Crippen LogP contribution in [0, 0.1) is 5.92 Å². The van der Waals surface area contributed by atoms with Crippen LogP contribution in [-0.4, -0.2) is 61.5 Å². The normalized spacial score (nSPS) is 16.2. The number of carbonyl (C=O) groups is 2. The molecule has 0 aliphatic carbocycles. The predicted molar refractivity (Wildman–Crippen MR) is 134 cm³/mol. The van der Waals surface area contributed by atoms with Crippen molar-refractivity contribution >= 4 is 23.5 Å². The molecule has 0 saturated carbocycles. The first-order valence-corrected chi connectivity index (χ1v) is 12.3. The lowest BCUT2D eigenvalue weighted by Gasteiger charge is -2.37. The predicted octanol–water partition coefficient (Wildman–Crippen LogP) is 4.96. The number of benzene rings is 2. The number of hydrogen-bond donors (Lipinski definition) is 0. The molecular weight excluding hydrogens is 452 g/mol. The standard InChI is InChI=1S/C27H35ClN2O4/c1-4-5-20(2)26(31)30-16-14-29(15-17-30)18-25(22-10-12-24(28)13-11-22)34-19-21-6-8-23(9-7-21)27(32)33-3/h6-13,20,25H,4-5,14-19H2,1-3H3. The summed E-state index contributed by atoms with van der Waals surface area (Å²) in [5, 5.41) is 0.689. The van der Waals surface area contributed by atoms with Gasteiger partial charge in [-0.3, -0.25) is 9.69 Å². The van der Waals surface area contributed by atoms with Gasteiger partial charge in [-0.1, -0.05) is 56.1 Å². The molecule has 0 bridgehead atoms. The third kappa shape index (κ3) is 7.29. The molecule has 0 aromatic heterocycles. The van der Waals surface area contributed by atoms with Crippen molar-refractivity contribution in [2.45, 2.75) is 39.4 Å². The maximum absolute atomic E-state index is 12.7. The van der Waals surface area contributed by atoms with E-state index in [-0.39, 0.29) is 23.9 Å². The Morgan fingerprint density at radius 3 is 2.24 bits per heavy atom. The van der Waals surface area contributed by atoms with Crippen molar-refractivity contribution < 1.29 is 19.1 Å². The molecule has 1 amide bonds. The SMILES string of the molecule is CCCC(C)C(=O)N1CCN(CC(OCc2ccc(C(=O)OC)cc2)c2ccc(Cl)cc2)CC1. The van der Waals surface area contributed by atoms with E-state index in [1.165, 1.54) is 7.11 Å². The molecular formula is C27H35ClN2O4. The van der Waals surface area contributed by atoms with Crippen molar-refractivity contribution in [1.82, 2.24) is 9.80 Å². The van der Waals surface area contributed by atoms with Crippen LogP contribution in [0.4, 0.5) is 0 Å². The van der Waals surface area contributed by atoms with E-state index in [9.17, 15) is 9.59 Å². The molecule has 7 heteroatoms. The van der Waals surface area contributed by atoms with Gasteiger partial charge in [0.1, 0.15) is 0 Å². The Kier molecular flexibility index (Phi) is 9.93. The summed E-state index contributed by atoms with van der Waals surface area (Å²) in [6.45, 7) is 8.44. The van der Waals surface area contributed by atoms with E-state index in [2.05, 4.69) is 11.8 Å². The van der Waals surface area contributed by atoms with Gasteiger partial charge in [0.2, 0.25) is 5.91 Å². The summed E-state index contributed by atoms with van der Waals surface area (Å²) in [5.74, 6) is 0.00268. The van der Waals surface area contributed by atoms with Gasteiger partial charge in [-0.15, -0.1) is 0 Å². The number of ether oxygens (including phenoxy) is 2. The first-order valence-electron chi connectivity index (χ1n) is 12.0. The van der Waals surface area contributed by atoms with Crippen LogP contribution < -0.4 is 0 Å². The maximum atomic E-state index is 12.7. The van der Waals surface area contributed by atoms with Crippen LogP contribution >= 0.6 is 11.6 Å². The topological polar surface area (TPSA) is 59.1 Å². The number of amides is 1. The van der Waals surface area contributed by atoms with Crippen LogP contribution in [0.5, 0.6) is 0 Å². The van der Waals surface area contributed by atoms with Crippen molar-refractivity contribution in [2.24, 2.45) is 5.92 Å². The summed E-state index contributed by atoms with van der Waals surface area (Å²) in [7, 11) is 1.37. The first-order chi connectivity index (χ1) is 16.4. The van der Waals surface area contributed by atoms with Crippen LogP contribution in [0.15, 0.2) is 48.5 Å². The van der Waals surface area contributed by atoms with E-state index in [4.69, 9.17) is 21.1 Å². The van der Waals surface area contributed by atoms with Crippen LogP contribution in [0.3, 0.4) is 0 Å². The highest BCUT2D eigenvalue weighted by molar-refractivity contribution is 6.30. The van der Waals surface area contributed by atoms with Gasteiger partial charge in [0.05, 0.1) is 25.4 Å². The first kappa shape index (κ1) is 26.2. The molecule has 2 atom stereocenters. The summed E-state index contributed by atoms with van der Waals surface area (Å²) in [5.41, 5.74) is 2.55. The van der Waals surface area contributed by atoms with E-state index in [0.717, 1.165) is 56.7 Å². The van der Waals surface area contributed by atoms with Crippen molar-refractivity contribution in [2.75, 3.05) is 39.8 Å². The molecule has 0 spiro atoms. The molecule has 1 heterocycles. The van der Waals surface area contributed by atoms with E-state index in [1.807, 2.05) is 48.2 Å². The molecule has 1 aliphatic heterocycles. The molecule has 0 N–H and O–H groups in total. The van der Waals surface area contributed by atoms with Crippen molar-refractivity contribution in [3.8, 4) is 0 Å². The number of halogens is 1. The average Bonchev–Trinajstić information content (AvgIpc) is 2.87. The second-order valence-electron chi connectivity index (χ2n) is 8.86. The fraction of sp³-hybridized carbons (Fsp3) is 0.481. The van der Waals surface area contributed by atoms with Crippen molar-refractivity contribution in [3.63, 3.8) is 0 Å². The van der Waals surface area contributed by atoms with Crippen molar-refractivity contribution in [3.05, 3.63) is 70.2 Å². The molecule has 6 nitrogen and oxygen atoms in total. The maximum Gasteiger partial charge on any atom is 0.337 e. The van der Waals surface area contributed by atoms with Gasteiger partial charge in [0.25, 0.3) is 0 Å². The minimum absolute atomic E-state index is 0.0901. The summed E-state index contributed by atoms with van der Waals surface area (Å²) < 4.78 is 11.1. The zero-order valence-corrected chi connectivity index (χ0v) is 21.1. The number of hydrogen-bond acceptors (Lipinski definition) is 5. The molecule has 1 saturated heterocycles. The Bertz CT molecular complexity index is 925. The smallest absolute Gasteiger partial charge is 0.337 e. The van der Waals surface area contributed by atoms with Crippen LogP contribution in [0.1, 0.15) is 54.3 Å². The Labute approximate surface area is 207 Å². The van der Waals surface area contributed by atoms with Gasteiger partial charge < -0.3 is 14.4 Å². The monoisotopic (exact) mass is 486 g/mol. The number of methoxy groups -OCH3 is 1. The molecule has 1 fully saturated rings. The van der Waals surface area contributed by atoms with Gasteiger partial charge in [0.15, 0.2) is 0 Å². The molecule has 1 aliphatic rings. The largest absolute Gasteiger partial charge is 0.465 e. The molecule has 184 valence electrons. The fourth-order valence-corrected chi connectivity index (χ4v) is 4.36. The van der Waals surface area contributed by atoms with Crippen LogP contribution in [0.25, 0.3) is 0 Å². The summed E-state index contributed by atoms with van der Waals surface area (Å²) in [6.07, 6.45) is 1.82. The highest BCUT2D eigenvalue weighted by Gasteiger charge is 2.26.